The van der Waals surface area contributed by atoms with Gasteiger partial charge in [-0.25, -0.2) is 4.39 Å². The Kier molecular flexibility index (Phi) is 5.65. The van der Waals surface area contributed by atoms with Crippen LogP contribution in [0, 0.1) is 11.7 Å². The standard InChI is InChI=1S/C19H25FN4O3/c1-23(2)18-16(19(25)24-8-4-5-12(10-21)11-24)17(27-22-18)13-6-7-14(20)15(9-13)26-3/h6-7,9,12H,4-5,8,10-11,21H2,1-3H3. The van der Waals surface area contributed by atoms with Crippen LogP contribution in [-0.4, -0.2) is 56.8 Å². The molecule has 0 bridgehead atoms. The first kappa shape index (κ1) is 19.2. The van der Waals surface area contributed by atoms with E-state index in [1.165, 1.54) is 19.2 Å². The van der Waals surface area contributed by atoms with E-state index >= 15 is 0 Å². The molecule has 1 atom stereocenters. The van der Waals surface area contributed by atoms with E-state index in [9.17, 15) is 9.18 Å². The third-order valence-electron chi connectivity index (χ3n) is 4.86. The molecule has 2 N–H and O–H groups in total. The Morgan fingerprint density at radius 2 is 2.26 bits per heavy atom. The summed E-state index contributed by atoms with van der Waals surface area (Å²) in [4.78, 5) is 16.8. The number of methoxy groups -OCH3 is 1. The number of benzene rings is 1. The Bertz CT molecular complexity index is 821. The van der Waals surface area contributed by atoms with Crippen molar-refractivity contribution in [1.29, 1.82) is 0 Å². The van der Waals surface area contributed by atoms with Gasteiger partial charge in [0.1, 0.15) is 5.56 Å². The first-order chi connectivity index (χ1) is 13.0. The van der Waals surface area contributed by atoms with Gasteiger partial charge in [-0.2, -0.15) is 0 Å². The van der Waals surface area contributed by atoms with Crippen LogP contribution < -0.4 is 15.4 Å². The van der Waals surface area contributed by atoms with Crippen molar-refractivity contribution in [1.82, 2.24) is 10.1 Å². The minimum Gasteiger partial charge on any atom is -0.494 e. The third kappa shape index (κ3) is 3.75. The number of rotatable bonds is 5. The first-order valence-corrected chi connectivity index (χ1v) is 8.96. The fourth-order valence-corrected chi connectivity index (χ4v) is 3.38. The van der Waals surface area contributed by atoms with Crippen LogP contribution in [0.15, 0.2) is 22.7 Å². The number of halogens is 1. The lowest BCUT2D eigenvalue weighted by Crippen LogP contribution is -2.42. The lowest BCUT2D eigenvalue weighted by Gasteiger charge is -2.32. The largest absolute Gasteiger partial charge is 0.494 e. The number of anilines is 1. The van der Waals surface area contributed by atoms with E-state index in [0.717, 1.165) is 12.8 Å². The highest BCUT2D eigenvalue weighted by Gasteiger charge is 2.32. The summed E-state index contributed by atoms with van der Waals surface area (Å²) < 4.78 is 24.3. The van der Waals surface area contributed by atoms with Gasteiger partial charge in [0.05, 0.1) is 7.11 Å². The van der Waals surface area contributed by atoms with Crippen molar-refractivity contribution in [2.45, 2.75) is 12.8 Å². The van der Waals surface area contributed by atoms with Gasteiger partial charge in [0.15, 0.2) is 23.1 Å². The highest BCUT2D eigenvalue weighted by atomic mass is 19.1. The lowest BCUT2D eigenvalue weighted by atomic mass is 9.97. The molecule has 0 spiro atoms. The van der Waals surface area contributed by atoms with Gasteiger partial charge in [0.2, 0.25) is 0 Å². The van der Waals surface area contributed by atoms with Crippen LogP contribution in [0.1, 0.15) is 23.2 Å². The van der Waals surface area contributed by atoms with Crippen LogP contribution in [-0.2, 0) is 0 Å². The maximum Gasteiger partial charge on any atom is 0.261 e. The number of hydrogen-bond acceptors (Lipinski definition) is 6. The summed E-state index contributed by atoms with van der Waals surface area (Å²) in [6.45, 7) is 1.83. The average molecular weight is 376 g/mol. The zero-order chi connectivity index (χ0) is 19.6. The maximum atomic E-state index is 13.8. The molecule has 1 aromatic carbocycles. The molecule has 1 unspecified atom stereocenters. The number of carbonyl (C=O) groups excluding carboxylic acids is 1. The van der Waals surface area contributed by atoms with E-state index in [4.69, 9.17) is 15.0 Å². The highest BCUT2D eigenvalue weighted by molar-refractivity contribution is 6.04. The van der Waals surface area contributed by atoms with E-state index in [2.05, 4.69) is 5.16 Å². The molecule has 1 aliphatic heterocycles. The Balaban J connectivity index is 2.03. The number of likely N-dealkylation sites (tertiary alicyclic amines) is 1. The fraction of sp³-hybridized carbons (Fsp3) is 0.474. The van der Waals surface area contributed by atoms with Crippen molar-refractivity contribution in [3.05, 3.63) is 29.6 Å². The molecule has 7 nitrogen and oxygen atoms in total. The van der Waals surface area contributed by atoms with Crippen LogP contribution in [0.25, 0.3) is 11.3 Å². The number of carbonyl (C=O) groups is 1. The molecule has 2 aromatic rings. The molecule has 8 heteroatoms. The number of amides is 1. The van der Waals surface area contributed by atoms with Gasteiger partial charge >= 0.3 is 0 Å². The van der Waals surface area contributed by atoms with Crippen molar-refractivity contribution in [2.24, 2.45) is 11.7 Å². The Labute approximate surface area is 157 Å². The summed E-state index contributed by atoms with van der Waals surface area (Å²) in [5.41, 5.74) is 6.70. The Morgan fingerprint density at radius 1 is 1.48 bits per heavy atom. The predicted molar refractivity (Wildman–Crippen MR) is 100 cm³/mol. The molecule has 27 heavy (non-hydrogen) atoms. The van der Waals surface area contributed by atoms with Gasteiger partial charge in [0, 0.05) is 32.7 Å². The second-order valence-corrected chi connectivity index (χ2v) is 6.95. The van der Waals surface area contributed by atoms with Gasteiger partial charge in [0.25, 0.3) is 5.91 Å². The molecule has 1 aromatic heterocycles. The maximum absolute atomic E-state index is 13.8. The second-order valence-electron chi connectivity index (χ2n) is 6.95. The second kappa shape index (κ2) is 7.96. The summed E-state index contributed by atoms with van der Waals surface area (Å²) in [5.74, 6) is 0.472. The summed E-state index contributed by atoms with van der Waals surface area (Å²) >= 11 is 0. The average Bonchev–Trinajstić information content (AvgIpc) is 3.13. The topological polar surface area (TPSA) is 84.8 Å². The molecule has 1 saturated heterocycles. The first-order valence-electron chi connectivity index (χ1n) is 8.96. The number of piperidine rings is 1. The zero-order valence-corrected chi connectivity index (χ0v) is 15.9. The van der Waals surface area contributed by atoms with Crippen molar-refractivity contribution >= 4 is 11.7 Å². The molecule has 2 heterocycles. The third-order valence-corrected chi connectivity index (χ3v) is 4.86. The molecular formula is C19H25FN4O3. The van der Waals surface area contributed by atoms with E-state index < -0.39 is 5.82 Å². The molecule has 146 valence electrons. The van der Waals surface area contributed by atoms with Crippen LogP contribution in [0.4, 0.5) is 10.2 Å². The number of aromatic nitrogens is 1. The van der Waals surface area contributed by atoms with Gasteiger partial charge in [-0.05, 0) is 43.5 Å². The van der Waals surface area contributed by atoms with Crippen LogP contribution >= 0.6 is 0 Å². The highest BCUT2D eigenvalue weighted by Crippen LogP contribution is 2.35. The van der Waals surface area contributed by atoms with Gasteiger partial charge in [-0.1, -0.05) is 5.16 Å². The molecule has 0 saturated carbocycles. The number of hydrogen-bond donors (Lipinski definition) is 1. The van der Waals surface area contributed by atoms with Gasteiger partial charge < -0.3 is 24.8 Å². The van der Waals surface area contributed by atoms with Gasteiger partial charge in [-0.15, -0.1) is 0 Å². The number of nitrogens with zero attached hydrogens (tertiary/aromatic N) is 3. The predicted octanol–water partition coefficient (Wildman–Crippen LogP) is 2.37. The van der Waals surface area contributed by atoms with Crippen LogP contribution in [0.3, 0.4) is 0 Å². The van der Waals surface area contributed by atoms with E-state index in [1.54, 1.807) is 30.0 Å². The minimum absolute atomic E-state index is 0.0786. The van der Waals surface area contributed by atoms with Crippen molar-refractivity contribution in [3.8, 4) is 17.1 Å². The molecule has 1 amide bonds. The van der Waals surface area contributed by atoms with E-state index in [-0.39, 0.29) is 11.7 Å². The lowest BCUT2D eigenvalue weighted by molar-refractivity contribution is 0.0679. The zero-order valence-electron chi connectivity index (χ0n) is 15.9. The SMILES string of the molecule is COc1cc(-c2onc(N(C)C)c2C(=O)N2CCCC(CN)C2)ccc1F. The molecule has 0 radical (unpaired) electrons. The number of nitrogens with two attached hydrogens (primary N) is 1. The smallest absolute Gasteiger partial charge is 0.261 e. The molecule has 3 rings (SSSR count). The van der Waals surface area contributed by atoms with Crippen molar-refractivity contribution in [2.75, 3.05) is 45.7 Å². The Morgan fingerprint density at radius 3 is 2.93 bits per heavy atom. The summed E-state index contributed by atoms with van der Waals surface area (Å²) in [7, 11) is 4.98. The monoisotopic (exact) mass is 376 g/mol. The quantitative estimate of drug-likeness (QED) is 0.862. The van der Waals surface area contributed by atoms with Crippen LogP contribution in [0.5, 0.6) is 5.75 Å². The summed E-state index contributed by atoms with van der Waals surface area (Å²) in [6, 6.07) is 4.34. The molecular weight excluding hydrogens is 351 g/mol. The molecule has 1 fully saturated rings. The minimum atomic E-state index is -0.483. The molecule has 1 aliphatic rings. The van der Waals surface area contributed by atoms with Crippen molar-refractivity contribution in [3.63, 3.8) is 0 Å². The van der Waals surface area contributed by atoms with Crippen molar-refractivity contribution < 1.29 is 18.4 Å². The Hall–Kier alpha value is -2.61. The normalized spacial score (nSPS) is 17.1. The van der Waals surface area contributed by atoms with Gasteiger partial charge in [-0.3, -0.25) is 4.79 Å². The summed E-state index contributed by atoms with van der Waals surface area (Å²) in [5, 5.41) is 4.07. The van der Waals surface area contributed by atoms with E-state index in [0.29, 0.717) is 48.3 Å². The fourth-order valence-electron chi connectivity index (χ4n) is 3.38. The summed E-state index contributed by atoms with van der Waals surface area (Å²) in [6.07, 6.45) is 1.93. The number of ether oxygens (including phenoxy) is 1. The molecule has 0 aliphatic carbocycles. The van der Waals surface area contributed by atoms with E-state index in [1.807, 2.05) is 0 Å². The van der Waals surface area contributed by atoms with Crippen LogP contribution in [0.2, 0.25) is 0 Å².